The minimum Gasteiger partial charge on any atom is -0.406 e. The molecular weight excluding hydrogens is 333 g/mol. The van der Waals surface area contributed by atoms with Crippen LogP contribution in [0.1, 0.15) is 5.69 Å². The van der Waals surface area contributed by atoms with E-state index in [0.717, 1.165) is 12.1 Å². The van der Waals surface area contributed by atoms with Crippen molar-refractivity contribution in [3.63, 3.8) is 0 Å². The fourth-order valence-corrected chi connectivity index (χ4v) is 2.28. The van der Waals surface area contributed by atoms with E-state index in [1.165, 1.54) is 29.1 Å². The van der Waals surface area contributed by atoms with Gasteiger partial charge in [-0.2, -0.15) is 10.4 Å². The van der Waals surface area contributed by atoms with Gasteiger partial charge >= 0.3 is 6.36 Å². The van der Waals surface area contributed by atoms with Crippen molar-refractivity contribution in [1.82, 2.24) is 14.8 Å². The van der Waals surface area contributed by atoms with Crippen molar-refractivity contribution < 1.29 is 17.9 Å². The molecule has 0 N–H and O–H groups in total. The van der Waals surface area contributed by atoms with Gasteiger partial charge in [0, 0.05) is 6.20 Å². The number of halogens is 4. The summed E-state index contributed by atoms with van der Waals surface area (Å²) in [5.41, 5.74) is 0.827. The van der Waals surface area contributed by atoms with E-state index in [1.807, 2.05) is 6.07 Å². The summed E-state index contributed by atoms with van der Waals surface area (Å²) < 4.78 is 41.6. The van der Waals surface area contributed by atoms with Gasteiger partial charge in [0.15, 0.2) is 11.3 Å². The Morgan fingerprint density at radius 3 is 2.48 bits per heavy atom. The minimum atomic E-state index is -4.76. The molecule has 1 aromatic carbocycles. The Labute approximate surface area is 132 Å². The van der Waals surface area contributed by atoms with Crippen LogP contribution in [0.3, 0.4) is 0 Å². The Morgan fingerprint density at radius 1 is 1.17 bits per heavy atom. The molecule has 0 amide bonds. The van der Waals surface area contributed by atoms with Crippen LogP contribution in [-0.4, -0.2) is 21.1 Å². The molecule has 0 bridgehead atoms. The predicted molar refractivity (Wildman–Crippen MR) is 75.3 cm³/mol. The molecule has 0 aliphatic heterocycles. The maximum atomic E-state index is 12.2. The van der Waals surface area contributed by atoms with Crippen LogP contribution in [0.25, 0.3) is 16.7 Å². The molecule has 0 aliphatic rings. The number of rotatable bonds is 2. The topological polar surface area (TPSA) is 63.7 Å². The Kier molecular flexibility index (Phi) is 3.58. The van der Waals surface area contributed by atoms with Crippen LogP contribution in [0.15, 0.2) is 36.5 Å². The van der Waals surface area contributed by atoms with Gasteiger partial charge in [0.25, 0.3) is 0 Å². The molecule has 0 atom stereocenters. The normalized spacial score (nSPS) is 11.4. The van der Waals surface area contributed by atoms with E-state index in [9.17, 15) is 13.2 Å². The molecule has 3 rings (SSSR count). The maximum Gasteiger partial charge on any atom is 0.573 e. The second kappa shape index (κ2) is 5.44. The molecule has 9 heteroatoms. The highest BCUT2D eigenvalue weighted by Crippen LogP contribution is 2.28. The van der Waals surface area contributed by atoms with Gasteiger partial charge in [0.1, 0.15) is 11.8 Å². The standard InChI is InChI=1S/C14H6ClF3N4O/c15-10-5-6-20-13-12(10)11(7-19)21-22(13)8-1-3-9(4-2-8)23-14(16,17)18/h1-6H. The largest absolute Gasteiger partial charge is 0.573 e. The van der Waals surface area contributed by atoms with E-state index >= 15 is 0 Å². The van der Waals surface area contributed by atoms with Gasteiger partial charge < -0.3 is 4.74 Å². The van der Waals surface area contributed by atoms with E-state index in [1.54, 1.807) is 0 Å². The molecule has 0 saturated carbocycles. The quantitative estimate of drug-likeness (QED) is 0.712. The minimum absolute atomic E-state index is 0.0775. The SMILES string of the molecule is N#Cc1nn(-c2ccc(OC(F)(F)F)cc2)c2nccc(Cl)c12. The Morgan fingerprint density at radius 2 is 1.87 bits per heavy atom. The number of ether oxygens (including phenoxy) is 1. The van der Waals surface area contributed by atoms with Crippen molar-refractivity contribution in [2.24, 2.45) is 0 Å². The fraction of sp³-hybridized carbons (Fsp3) is 0.0714. The van der Waals surface area contributed by atoms with E-state index in [-0.39, 0.29) is 11.4 Å². The van der Waals surface area contributed by atoms with Gasteiger partial charge in [-0.25, -0.2) is 9.67 Å². The fourth-order valence-electron chi connectivity index (χ4n) is 2.05. The zero-order valence-corrected chi connectivity index (χ0v) is 11.9. The van der Waals surface area contributed by atoms with E-state index in [4.69, 9.17) is 16.9 Å². The number of hydrogen-bond donors (Lipinski definition) is 0. The van der Waals surface area contributed by atoms with Crippen LogP contribution in [-0.2, 0) is 0 Å². The van der Waals surface area contributed by atoms with Crippen molar-refractivity contribution >= 4 is 22.6 Å². The van der Waals surface area contributed by atoms with Gasteiger partial charge in [0.05, 0.1) is 16.1 Å². The third-order valence-electron chi connectivity index (χ3n) is 2.94. The number of nitrogens with zero attached hydrogens (tertiary/aromatic N) is 4. The van der Waals surface area contributed by atoms with Crippen LogP contribution in [0.2, 0.25) is 5.02 Å². The average molecular weight is 339 g/mol. The summed E-state index contributed by atoms with van der Waals surface area (Å²) in [5, 5.41) is 13.9. The smallest absolute Gasteiger partial charge is 0.406 e. The summed E-state index contributed by atoms with van der Waals surface area (Å²) >= 11 is 6.05. The van der Waals surface area contributed by atoms with Gasteiger partial charge in [0.2, 0.25) is 0 Å². The Balaban J connectivity index is 2.08. The van der Waals surface area contributed by atoms with Crippen LogP contribution in [0, 0.1) is 11.3 Å². The molecule has 0 unspecified atom stereocenters. The molecule has 0 saturated heterocycles. The molecular formula is C14H6ClF3N4O. The molecule has 5 nitrogen and oxygen atoms in total. The third-order valence-corrected chi connectivity index (χ3v) is 3.25. The van der Waals surface area contributed by atoms with Crippen molar-refractivity contribution in [1.29, 1.82) is 5.26 Å². The number of pyridine rings is 1. The Bertz CT molecular complexity index is 913. The average Bonchev–Trinajstić information content (AvgIpc) is 2.87. The molecule has 2 aromatic heterocycles. The predicted octanol–water partition coefficient (Wildman–Crippen LogP) is 3.84. The van der Waals surface area contributed by atoms with Crippen LogP contribution in [0.4, 0.5) is 13.2 Å². The number of hydrogen-bond acceptors (Lipinski definition) is 4. The zero-order valence-electron chi connectivity index (χ0n) is 11.2. The summed E-state index contributed by atoms with van der Waals surface area (Å²) in [7, 11) is 0. The highest BCUT2D eigenvalue weighted by atomic mass is 35.5. The maximum absolute atomic E-state index is 12.2. The molecule has 0 aliphatic carbocycles. The summed E-state index contributed by atoms with van der Waals surface area (Å²) in [6.45, 7) is 0. The molecule has 0 fully saturated rings. The number of alkyl halides is 3. The van der Waals surface area contributed by atoms with Crippen molar-refractivity contribution in [2.75, 3.05) is 0 Å². The van der Waals surface area contributed by atoms with Crippen molar-refractivity contribution in [3.05, 3.63) is 47.2 Å². The highest BCUT2D eigenvalue weighted by molar-refractivity contribution is 6.35. The lowest BCUT2D eigenvalue weighted by Gasteiger charge is -2.09. The monoisotopic (exact) mass is 338 g/mol. The lowest BCUT2D eigenvalue weighted by molar-refractivity contribution is -0.274. The van der Waals surface area contributed by atoms with Crippen LogP contribution in [0.5, 0.6) is 5.75 Å². The second-order valence-corrected chi connectivity index (χ2v) is 4.81. The summed E-state index contributed by atoms with van der Waals surface area (Å²) in [4.78, 5) is 4.12. The summed E-state index contributed by atoms with van der Waals surface area (Å²) in [6.07, 6.45) is -3.31. The first kappa shape index (κ1) is 15.1. The molecule has 0 spiro atoms. The summed E-state index contributed by atoms with van der Waals surface area (Å²) in [6, 6.07) is 8.47. The number of fused-ring (bicyclic) bond motifs is 1. The van der Waals surface area contributed by atoms with Gasteiger partial charge in [-0.1, -0.05) is 11.6 Å². The van der Waals surface area contributed by atoms with Crippen LogP contribution >= 0.6 is 11.6 Å². The molecule has 0 radical (unpaired) electrons. The first-order valence-corrected chi connectivity index (χ1v) is 6.56. The number of benzene rings is 1. The first-order valence-electron chi connectivity index (χ1n) is 6.18. The Hall–Kier alpha value is -2.79. The second-order valence-electron chi connectivity index (χ2n) is 4.41. The first-order chi connectivity index (χ1) is 10.9. The van der Waals surface area contributed by atoms with Gasteiger partial charge in [-0.3, -0.25) is 0 Å². The van der Waals surface area contributed by atoms with Crippen molar-refractivity contribution in [2.45, 2.75) is 6.36 Å². The third kappa shape index (κ3) is 2.91. The molecule has 2 heterocycles. The molecule has 23 heavy (non-hydrogen) atoms. The van der Waals surface area contributed by atoms with Crippen molar-refractivity contribution in [3.8, 4) is 17.5 Å². The van der Waals surface area contributed by atoms with E-state index in [2.05, 4.69) is 14.8 Å². The van der Waals surface area contributed by atoms with Gasteiger partial charge in [-0.15, -0.1) is 13.2 Å². The zero-order chi connectivity index (χ0) is 16.6. The number of aromatic nitrogens is 3. The van der Waals surface area contributed by atoms with Gasteiger partial charge in [-0.05, 0) is 30.3 Å². The molecule has 3 aromatic rings. The number of nitriles is 1. The van der Waals surface area contributed by atoms with Crippen LogP contribution < -0.4 is 4.74 Å². The lowest BCUT2D eigenvalue weighted by atomic mass is 10.2. The van der Waals surface area contributed by atoms with E-state index in [0.29, 0.717) is 21.7 Å². The van der Waals surface area contributed by atoms with E-state index < -0.39 is 6.36 Å². The molecule has 116 valence electrons. The highest BCUT2D eigenvalue weighted by Gasteiger charge is 2.31. The lowest BCUT2D eigenvalue weighted by Crippen LogP contribution is -2.17. The summed E-state index contributed by atoms with van der Waals surface area (Å²) in [5.74, 6) is -0.357.